The molecule has 16 N–H and O–H groups in total. The second kappa shape index (κ2) is 31.0. The number of rotatable bonds is 19. The number of carbonyl (C=O) groups is 9. The van der Waals surface area contributed by atoms with Crippen molar-refractivity contribution >= 4 is 91.6 Å². The highest BCUT2D eigenvalue weighted by atomic mass is 33.1. The van der Waals surface area contributed by atoms with Crippen LogP contribution in [-0.2, 0) is 62.4 Å². The smallest absolute Gasteiger partial charge is 0.244 e. The van der Waals surface area contributed by atoms with Crippen LogP contribution in [0, 0.1) is 11.3 Å². The van der Waals surface area contributed by atoms with Gasteiger partial charge in [0.05, 0.1) is 12.0 Å². The van der Waals surface area contributed by atoms with Gasteiger partial charge in [-0.2, -0.15) is 0 Å². The summed E-state index contributed by atoms with van der Waals surface area (Å²) in [6.07, 6.45) is 6.05. The van der Waals surface area contributed by atoms with Crippen LogP contribution in [0.3, 0.4) is 0 Å². The highest BCUT2D eigenvalue weighted by Crippen LogP contribution is 2.24. The molecule has 1 saturated heterocycles. The van der Waals surface area contributed by atoms with Crippen LogP contribution >= 0.6 is 21.6 Å². The third-order valence-electron chi connectivity index (χ3n) is 12.6. The highest BCUT2D eigenvalue weighted by molar-refractivity contribution is 8.76. The quantitative estimate of drug-likeness (QED) is 0.0258. The van der Waals surface area contributed by atoms with Crippen molar-refractivity contribution in [1.82, 2.24) is 62.8 Å². The lowest BCUT2D eigenvalue weighted by molar-refractivity contribution is -0.135. The molecule has 1 aliphatic rings. The van der Waals surface area contributed by atoms with E-state index in [1.165, 1.54) is 19.4 Å². The van der Waals surface area contributed by atoms with E-state index in [0.717, 1.165) is 32.5 Å². The zero-order valence-electron chi connectivity index (χ0n) is 44.2. The van der Waals surface area contributed by atoms with Crippen LogP contribution in [-0.4, -0.2) is 140 Å². The number of hydrogen-bond donors (Lipinski definition) is 14. The maximum atomic E-state index is 14.7. The molecule has 1 aliphatic heterocycles. The number of nitrogens with zero attached hydrogens (tertiary/aromatic N) is 1. The number of unbranched alkanes of at least 4 members (excludes halogenated alkanes) is 1. The normalized spacial score (nSPS) is 21.9. The van der Waals surface area contributed by atoms with E-state index < -0.39 is 101 Å². The summed E-state index contributed by atoms with van der Waals surface area (Å²) in [4.78, 5) is 137. The molecule has 422 valence electrons. The molecule has 0 saturated carbocycles. The van der Waals surface area contributed by atoms with E-state index in [2.05, 4.69) is 62.8 Å². The molecule has 0 spiro atoms. The molecule has 0 radical (unpaired) electrons. The summed E-state index contributed by atoms with van der Waals surface area (Å²) in [6.45, 7) is 6.97. The number of imidazole rings is 1. The van der Waals surface area contributed by atoms with Crippen LogP contribution in [0.15, 0.2) is 73.3 Å². The van der Waals surface area contributed by atoms with Crippen molar-refractivity contribution in [1.29, 1.82) is 5.41 Å². The van der Waals surface area contributed by atoms with Crippen molar-refractivity contribution in [2.45, 2.75) is 134 Å². The molecule has 9 amide bonds. The van der Waals surface area contributed by atoms with E-state index in [9.17, 15) is 43.2 Å². The molecule has 78 heavy (non-hydrogen) atoms. The predicted octanol–water partition coefficient (Wildman–Crippen LogP) is 0.197. The molecule has 2 aromatic heterocycles. The van der Waals surface area contributed by atoms with Crippen LogP contribution in [0.2, 0.25) is 0 Å². The average Bonchev–Trinajstić information content (AvgIpc) is 4.07. The van der Waals surface area contributed by atoms with Gasteiger partial charge in [-0.25, -0.2) is 4.98 Å². The summed E-state index contributed by atoms with van der Waals surface area (Å²) in [5.74, 6) is -7.58. The Bertz CT molecular complexity index is 2690. The zero-order chi connectivity index (χ0) is 56.7. The van der Waals surface area contributed by atoms with Gasteiger partial charge < -0.3 is 69.3 Å². The summed E-state index contributed by atoms with van der Waals surface area (Å²) < 4.78 is 0. The number of aromatic nitrogens is 3. The number of benzene rings is 2. The first-order chi connectivity index (χ1) is 37.3. The molecule has 0 bridgehead atoms. The van der Waals surface area contributed by atoms with Crippen LogP contribution in [0.4, 0.5) is 0 Å². The molecule has 8 atom stereocenters. The number of hydrogen-bond acceptors (Lipinski definition) is 13. The maximum Gasteiger partial charge on any atom is 0.244 e. The van der Waals surface area contributed by atoms with Gasteiger partial charge >= 0.3 is 0 Å². The van der Waals surface area contributed by atoms with Crippen molar-refractivity contribution < 1.29 is 43.2 Å². The van der Waals surface area contributed by atoms with Gasteiger partial charge in [-0.3, -0.25) is 48.6 Å². The van der Waals surface area contributed by atoms with Gasteiger partial charge in [0.15, 0.2) is 5.96 Å². The van der Waals surface area contributed by atoms with E-state index >= 15 is 0 Å². The summed E-state index contributed by atoms with van der Waals surface area (Å²) in [5, 5.41) is 33.1. The fourth-order valence-corrected chi connectivity index (χ4v) is 10.9. The van der Waals surface area contributed by atoms with Gasteiger partial charge in [-0.05, 0) is 48.8 Å². The number of fused-ring (bicyclic) bond motifs is 1. The van der Waals surface area contributed by atoms with Gasteiger partial charge in [-0.15, -0.1) is 0 Å². The first-order valence-corrected chi connectivity index (χ1v) is 28.4. The Labute approximate surface area is 460 Å². The predicted molar refractivity (Wildman–Crippen MR) is 298 cm³/mol. The molecule has 0 aliphatic carbocycles. The van der Waals surface area contributed by atoms with Crippen LogP contribution in [0.25, 0.3) is 10.9 Å². The molecule has 1 fully saturated rings. The monoisotopic (exact) mass is 1120 g/mol. The topological polar surface area (TPSA) is 382 Å². The summed E-state index contributed by atoms with van der Waals surface area (Å²) in [7, 11) is 2.11. The Hall–Kier alpha value is -7.61. The molecular formula is C52H73N15O9S2. The minimum absolute atomic E-state index is 0.0437. The number of para-hydroxylation sites is 1. The van der Waals surface area contributed by atoms with Gasteiger partial charge in [0.2, 0.25) is 53.2 Å². The SMILES string of the molecule is CCCC[C@H](NC(C)=O)C(=O)N[C@H]1CSSC[C@@H](C(N)=O)NC(=O)[C@H](Cc2c[nH]c3ccccc23)NC(=O)[C@H](CCCNC(=N)N)NC(=O)[C@@H](Cc2ccccc2)NC(=O)[C@H](Cc2c[nH]cn2)NC(=O)[C@@H](CC(C)C)NC1=O. The Morgan fingerprint density at radius 3 is 1.97 bits per heavy atom. The number of H-pyrrole nitrogens is 2. The fraction of sp³-hybridized carbons (Fsp3) is 0.481. The Kier molecular flexibility index (Phi) is 24.3. The Morgan fingerprint density at radius 1 is 0.731 bits per heavy atom. The summed E-state index contributed by atoms with van der Waals surface area (Å²) >= 11 is 0. The number of nitrogens with two attached hydrogens (primary N) is 2. The second-order valence-corrected chi connectivity index (χ2v) is 22.0. The molecule has 4 aromatic rings. The van der Waals surface area contributed by atoms with E-state index in [4.69, 9.17) is 16.9 Å². The van der Waals surface area contributed by atoms with Gasteiger partial charge in [-0.1, -0.05) is 104 Å². The maximum absolute atomic E-state index is 14.7. The first kappa shape index (κ1) is 61.2. The van der Waals surface area contributed by atoms with Crippen LogP contribution < -0.4 is 59.3 Å². The van der Waals surface area contributed by atoms with Crippen molar-refractivity contribution in [3.8, 4) is 0 Å². The third kappa shape index (κ3) is 19.8. The van der Waals surface area contributed by atoms with Gasteiger partial charge in [0.25, 0.3) is 0 Å². The van der Waals surface area contributed by atoms with Crippen LogP contribution in [0.1, 0.15) is 83.0 Å². The highest BCUT2D eigenvalue weighted by Gasteiger charge is 2.36. The van der Waals surface area contributed by atoms with E-state index in [1.807, 2.05) is 45.0 Å². The molecule has 24 nitrogen and oxygen atoms in total. The average molecular weight is 1120 g/mol. The van der Waals surface area contributed by atoms with Crippen molar-refractivity contribution in [3.63, 3.8) is 0 Å². The van der Waals surface area contributed by atoms with Crippen LogP contribution in [0.5, 0.6) is 0 Å². The largest absolute Gasteiger partial charge is 0.370 e. The standard InChI is InChI=1S/C52H73N15O9S2/c1-5-6-16-36(60-30(4)68)45(70)67-43-27-78-77-26-42(44(53)69)66-49(74)40(22-32-24-58-35-17-11-10-15-34(32)35)64-46(71)37(18-12-19-57-52(54)55)61-48(73)39(21-31-13-8-7-9-14-31)63-50(75)41(23-33-25-56-28-59-33)65-47(72)38(20-29(2)3)62-51(43)76/h7-11,13-15,17,24-25,28-29,36-43,58H,5-6,12,16,18-23,26-27H2,1-4H3,(H2,53,69)(H,56,59)(H,60,68)(H,61,73)(H,62,76)(H,63,75)(H,64,71)(H,65,72)(H,66,74)(H,67,70)(H4,54,55,57)/t36-,37-,38+,39+,40-,41-,42-,43-/m0/s1. The third-order valence-corrected chi connectivity index (χ3v) is 15.0. The minimum Gasteiger partial charge on any atom is -0.370 e. The lowest BCUT2D eigenvalue weighted by Gasteiger charge is -2.28. The van der Waals surface area contributed by atoms with Crippen molar-refractivity contribution in [2.24, 2.45) is 17.4 Å². The lowest BCUT2D eigenvalue weighted by atomic mass is 10.0. The van der Waals surface area contributed by atoms with Gasteiger partial charge in [0.1, 0.15) is 48.3 Å². The van der Waals surface area contributed by atoms with Crippen molar-refractivity contribution in [3.05, 3.63) is 90.1 Å². The number of aromatic amines is 2. The molecular weight excluding hydrogens is 1040 g/mol. The number of guanidine groups is 1. The lowest BCUT2D eigenvalue weighted by Crippen LogP contribution is -2.61. The number of amides is 9. The van der Waals surface area contributed by atoms with Gasteiger partial charge in [0, 0.05) is 67.5 Å². The molecule has 26 heteroatoms. The van der Waals surface area contributed by atoms with Crippen molar-refractivity contribution in [2.75, 3.05) is 18.1 Å². The van der Waals surface area contributed by atoms with E-state index in [1.54, 1.807) is 36.5 Å². The minimum atomic E-state index is -1.39. The Balaban J connectivity index is 1.59. The fourth-order valence-electron chi connectivity index (χ4n) is 8.55. The number of carbonyl (C=O) groups excluding carboxylic acids is 9. The van der Waals surface area contributed by atoms with E-state index in [-0.39, 0.29) is 74.9 Å². The molecule has 3 heterocycles. The van der Waals surface area contributed by atoms with E-state index in [0.29, 0.717) is 29.7 Å². The molecule has 2 aromatic carbocycles. The number of primary amides is 1. The Morgan fingerprint density at radius 2 is 1.33 bits per heavy atom. The number of nitrogens with one attached hydrogen (secondary N) is 12. The molecule has 5 rings (SSSR count). The second-order valence-electron chi connectivity index (χ2n) is 19.4. The molecule has 0 unspecified atom stereocenters. The zero-order valence-corrected chi connectivity index (χ0v) is 45.8. The first-order valence-electron chi connectivity index (χ1n) is 25.9. The summed E-state index contributed by atoms with van der Waals surface area (Å²) in [6, 6.07) is 5.65. The summed E-state index contributed by atoms with van der Waals surface area (Å²) in [5.41, 5.74) is 13.8.